The molecule has 0 bridgehead atoms. The van der Waals surface area contributed by atoms with Crippen molar-refractivity contribution in [2.75, 3.05) is 14.2 Å². The Balaban J connectivity index is 2.04. The van der Waals surface area contributed by atoms with Crippen molar-refractivity contribution < 1.29 is 9.47 Å². The van der Waals surface area contributed by atoms with Crippen LogP contribution in [0.2, 0.25) is 0 Å². The minimum atomic E-state index is 0.677. The lowest BCUT2D eigenvalue weighted by atomic mass is 10.1. The van der Waals surface area contributed by atoms with Crippen LogP contribution >= 0.6 is 0 Å². The molecule has 1 aromatic heterocycles. The molecule has 0 aliphatic rings. The molecular weight excluding hydrogens is 276 g/mol. The number of methoxy groups -OCH3 is 2. The van der Waals surface area contributed by atoms with E-state index >= 15 is 0 Å². The first-order valence-corrected chi connectivity index (χ1v) is 6.91. The summed E-state index contributed by atoms with van der Waals surface area (Å²) < 4.78 is 10.7. The van der Waals surface area contributed by atoms with Crippen LogP contribution in [0.3, 0.4) is 0 Å². The number of hydrogen-bond acceptors (Lipinski definition) is 4. The summed E-state index contributed by atoms with van der Waals surface area (Å²) in [6, 6.07) is 13.6. The molecule has 0 aliphatic heterocycles. The summed E-state index contributed by atoms with van der Waals surface area (Å²) in [6.45, 7) is 0. The molecule has 4 nitrogen and oxygen atoms in total. The largest absolute Gasteiger partial charge is 0.493 e. The predicted octanol–water partition coefficient (Wildman–Crippen LogP) is 4.00. The van der Waals surface area contributed by atoms with Crippen LogP contribution in [0, 0.1) is 0 Å². The SMILES string of the molecule is COc1cccc(C=Nc2cccc3cnccc23)c1OC. The number of para-hydroxylation sites is 1. The van der Waals surface area contributed by atoms with Gasteiger partial charge < -0.3 is 9.47 Å². The van der Waals surface area contributed by atoms with Gasteiger partial charge >= 0.3 is 0 Å². The van der Waals surface area contributed by atoms with Crippen molar-refractivity contribution in [1.82, 2.24) is 4.98 Å². The molecular formula is C18H16N2O2. The molecule has 0 unspecified atom stereocenters. The fourth-order valence-electron chi connectivity index (χ4n) is 2.37. The Kier molecular flexibility index (Phi) is 4.01. The van der Waals surface area contributed by atoms with Gasteiger partial charge in [0.2, 0.25) is 0 Å². The Labute approximate surface area is 129 Å². The van der Waals surface area contributed by atoms with Gasteiger partial charge in [-0.2, -0.15) is 0 Å². The molecule has 0 fully saturated rings. The number of fused-ring (bicyclic) bond motifs is 1. The molecule has 3 aromatic rings. The van der Waals surface area contributed by atoms with E-state index in [1.807, 2.05) is 48.7 Å². The van der Waals surface area contributed by atoms with Gasteiger partial charge in [-0.25, -0.2) is 0 Å². The Bertz CT molecular complexity index is 823. The summed E-state index contributed by atoms with van der Waals surface area (Å²) in [5.41, 5.74) is 1.76. The van der Waals surface area contributed by atoms with E-state index in [-0.39, 0.29) is 0 Å². The summed E-state index contributed by atoms with van der Waals surface area (Å²) in [4.78, 5) is 8.73. The highest BCUT2D eigenvalue weighted by atomic mass is 16.5. The lowest BCUT2D eigenvalue weighted by Gasteiger charge is -2.09. The van der Waals surface area contributed by atoms with Crippen molar-refractivity contribution in [3.63, 3.8) is 0 Å². The topological polar surface area (TPSA) is 43.7 Å². The first-order chi connectivity index (χ1) is 10.8. The number of rotatable bonds is 4. The molecule has 0 spiro atoms. The summed E-state index contributed by atoms with van der Waals surface area (Å²) >= 11 is 0. The number of pyridine rings is 1. The molecule has 1 heterocycles. The normalized spacial score (nSPS) is 11.0. The molecule has 0 atom stereocenters. The smallest absolute Gasteiger partial charge is 0.169 e. The average Bonchev–Trinajstić information content (AvgIpc) is 2.59. The summed E-state index contributed by atoms with van der Waals surface area (Å²) in [5.74, 6) is 1.37. The summed E-state index contributed by atoms with van der Waals surface area (Å²) in [7, 11) is 3.25. The van der Waals surface area contributed by atoms with Crippen molar-refractivity contribution in [2.24, 2.45) is 4.99 Å². The summed E-state index contributed by atoms with van der Waals surface area (Å²) in [6.07, 6.45) is 5.39. The first-order valence-electron chi connectivity index (χ1n) is 6.91. The van der Waals surface area contributed by atoms with E-state index in [1.165, 1.54) is 0 Å². The molecule has 22 heavy (non-hydrogen) atoms. The van der Waals surface area contributed by atoms with Gasteiger partial charge in [0.25, 0.3) is 0 Å². The van der Waals surface area contributed by atoms with Crippen LogP contribution in [0.25, 0.3) is 10.8 Å². The second-order valence-corrected chi connectivity index (χ2v) is 4.71. The van der Waals surface area contributed by atoms with E-state index < -0.39 is 0 Å². The zero-order valence-electron chi connectivity index (χ0n) is 12.5. The molecule has 0 radical (unpaired) electrons. The van der Waals surface area contributed by atoms with Gasteiger partial charge in [0.1, 0.15) is 0 Å². The van der Waals surface area contributed by atoms with Gasteiger partial charge in [0.05, 0.1) is 19.9 Å². The third-order valence-electron chi connectivity index (χ3n) is 3.43. The molecule has 0 aliphatic carbocycles. The van der Waals surface area contributed by atoms with Crippen molar-refractivity contribution in [1.29, 1.82) is 0 Å². The second-order valence-electron chi connectivity index (χ2n) is 4.71. The fourth-order valence-corrected chi connectivity index (χ4v) is 2.37. The standard InChI is InChI=1S/C18H16N2O2/c1-21-17-8-4-6-14(18(17)22-2)12-20-16-7-3-5-13-11-19-10-9-15(13)16/h3-12H,1-2H3. The van der Waals surface area contributed by atoms with Crippen LogP contribution in [0.1, 0.15) is 5.56 Å². The Morgan fingerprint density at radius 1 is 1.00 bits per heavy atom. The van der Waals surface area contributed by atoms with Crippen molar-refractivity contribution in [3.05, 3.63) is 60.4 Å². The van der Waals surface area contributed by atoms with E-state index in [4.69, 9.17) is 9.47 Å². The predicted molar refractivity (Wildman–Crippen MR) is 88.5 cm³/mol. The maximum atomic E-state index is 5.42. The number of aliphatic imine (C=N–C) groups is 1. The van der Waals surface area contributed by atoms with Crippen LogP contribution in [0.5, 0.6) is 11.5 Å². The highest BCUT2D eigenvalue weighted by Crippen LogP contribution is 2.30. The maximum absolute atomic E-state index is 5.42. The zero-order chi connectivity index (χ0) is 15.4. The van der Waals surface area contributed by atoms with E-state index in [0.29, 0.717) is 11.5 Å². The van der Waals surface area contributed by atoms with Gasteiger partial charge in [-0.15, -0.1) is 0 Å². The lowest BCUT2D eigenvalue weighted by Crippen LogP contribution is -1.94. The molecule has 4 heteroatoms. The van der Waals surface area contributed by atoms with Crippen molar-refractivity contribution >= 4 is 22.7 Å². The Morgan fingerprint density at radius 2 is 1.86 bits per heavy atom. The van der Waals surface area contributed by atoms with Gasteiger partial charge in [0, 0.05) is 34.9 Å². The van der Waals surface area contributed by atoms with Crippen molar-refractivity contribution in [2.45, 2.75) is 0 Å². The Hall–Kier alpha value is -2.88. The maximum Gasteiger partial charge on any atom is 0.169 e. The van der Waals surface area contributed by atoms with E-state index in [2.05, 4.69) is 9.98 Å². The third-order valence-corrected chi connectivity index (χ3v) is 3.43. The Morgan fingerprint density at radius 3 is 2.68 bits per heavy atom. The molecule has 0 N–H and O–H groups in total. The number of nitrogens with zero attached hydrogens (tertiary/aromatic N) is 2. The summed E-state index contributed by atoms with van der Waals surface area (Å²) in [5, 5.41) is 2.13. The van der Waals surface area contributed by atoms with E-state index in [0.717, 1.165) is 22.0 Å². The number of benzene rings is 2. The second kappa shape index (κ2) is 6.26. The van der Waals surface area contributed by atoms with Crippen LogP contribution in [0.15, 0.2) is 59.9 Å². The van der Waals surface area contributed by atoms with E-state index in [9.17, 15) is 0 Å². The quantitative estimate of drug-likeness (QED) is 0.683. The lowest BCUT2D eigenvalue weighted by molar-refractivity contribution is 0.354. The van der Waals surface area contributed by atoms with Crippen LogP contribution in [-0.2, 0) is 0 Å². The minimum Gasteiger partial charge on any atom is -0.493 e. The van der Waals surface area contributed by atoms with Gasteiger partial charge in [0.15, 0.2) is 11.5 Å². The third kappa shape index (κ3) is 2.63. The highest BCUT2D eigenvalue weighted by Gasteiger charge is 2.07. The van der Waals surface area contributed by atoms with Crippen LogP contribution in [-0.4, -0.2) is 25.4 Å². The van der Waals surface area contributed by atoms with Gasteiger partial charge in [-0.1, -0.05) is 18.2 Å². The highest BCUT2D eigenvalue weighted by molar-refractivity contribution is 5.95. The number of aromatic nitrogens is 1. The molecule has 0 saturated heterocycles. The van der Waals surface area contributed by atoms with Crippen LogP contribution in [0.4, 0.5) is 5.69 Å². The van der Waals surface area contributed by atoms with Gasteiger partial charge in [-0.05, 0) is 24.3 Å². The first kappa shape index (κ1) is 14.1. The zero-order valence-corrected chi connectivity index (χ0v) is 12.5. The van der Waals surface area contributed by atoms with Crippen LogP contribution < -0.4 is 9.47 Å². The van der Waals surface area contributed by atoms with E-state index in [1.54, 1.807) is 26.6 Å². The molecule has 3 rings (SSSR count). The minimum absolute atomic E-state index is 0.677. The number of hydrogen-bond donors (Lipinski definition) is 0. The van der Waals surface area contributed by atoms with Crippen molar-refractivity contribution in [3.8, 4) is 11.5 Å². The molecule has 0 amide bonds. The fraction of sp³-hybridized carbons (Fsp3) is 0.111. The van der Waals surface area contributed by atoms with Gasteiger partial charge in [-0.3, -0.25) is 9.98 Å². The molecule has 110 valence electrons. The number of ether oxygens (including phenoxy) is 2. The molecule has 2 aromatic carbocycles. The monoisotopic (exact) mass is 292 g/mol. The average molecular weight is 292 g/mol. The molecule has 0 saturated carbocycles.